The van der Waals surface area contributed by atoms with Crippen LogP contribution in [0.2, 0.25) is 0 Å². The Labute approximate surface area is 161 Å². The Bertz CT molecular complexity index is 1020. The van der Waals surface area contributed by atoms with Gasteiger partial charge in [-0.15, -0.1) is 0 Å². The van der Waals surface area contributed by atoms with Gasteiger partial charge in [-0.2, -0.15) is 0 Å². The van der Waals surface area contributed by atoms with Gasteiger partial charge in [0.1, 0.15) is 5.76 Å². The van der Waals surface area contributed by atoms with E-state index in [1.54, 1.807) is 37.3 Å². The number of ketones is 1. The molecule has 0 aliphatic heterocycles. The van der Waals surface area contributed by atoms with Gasteiger partial charge in [0, 0.05) is 17.2 Å². The molecule has 0 saturated heterocycles. The third kappa shape index (κ3) is 4.50. The number of benzene rings is 2. The average molecular weight is 378 g/mol. The Morgan fingerprint density at radius 1 is 1.00 bits per heavy atom. The Balaban J connectivity index is 1.69. The molecule has 28 heavy (non-hydrogen) atoms. The average Bonchev–Trinajstić information content (AvgIpc) is 3.10. The molecule has 0 aliphatic carbocycles. The Morgan fingerprint density at radius 2 is 1.68 bits per heavy atom. The highest BCUT2D eigenvalue weighted by Crippen LogP contribution is 2.16. The lowest BCUT2D eigenvalue weighted by molar-refractivity contribution is -0.119. The van der Waals surface area contributed by atoms with E-state index in [2.05, 4.69) is 10.5 Å². The zero-order valence-electron chi connectivity index (χ0n) is 15.4. The molecule has 0 fully saturated rings. The van der Waals surface area contributed by atoms with Crippen LogP contribution in [0.15, 0.2) is 59.1 Å². The first kappa shape index (κ1) is 19.0. The van der Waals surface area contributed by atoms with Crippen LogP contribution in [-0.4, -0.2) is 29.4 Å². The third-order valence-corrected chi connectivity index (χ3v) is 3.94. The van der Waals surface area contributed by atoms with E-state index in [0.717, 1.165) is 5.56 Å². The first-order chi connectivity index (χ1) is 13.4. The number of nitrogens with one attached hydrogen (secondary N) is 1. The zero-order chi connectivity index (χ0) is 20.1. The molecule has 0 saturated carbocycles. The van der Waals surface area contributed by atoms with E-state index in [-0.39, 0.29) is 22.7 Å². The van der Waals surface area contributed by atoms with Crippen molar-refractivity contribution < 1.29 is 23.6 Å². The maximum Gasteiger partial charge on any atom is 0.339 e. The van der Waals surface area contributed by atoms with Crippen molar-refractivity contribution in [3.05, 3.63) is 82.6 Å². The van der Waals surface area contributed by atoms with Gasteiger partial charge < -0.3 is 14.6 Å². The smallest absolute Gasteiger partial charge is 0.339 e. The standard InChI is InChI=1S/C21H18N2O5/c1-13-7-9-15(10-8-13)20(25)16-5-3-4-6-17(16)21(26)27-12-19(24)22-18-11-14(2)28-23-18/h3-11H,12H2,1-2H3,(H,22,23,24). The first-order valence-electron chi connectivity index (χ1n) is 8.55. The molecule has 0 unspecified atom stereocenters. The van der Waals surface area contributed by atoms with Crippen LogP contribution in [0, 0.1) is 13.8 Å². The molecule has 2 aromatic carbocycles. The minimum Gasteiger partial charge on any atom is -0.452 e. The predicted octanol–water partition coefficient (Wildman–Crippen LogP) is 3.32. The summed E-state index contributed by atoms with van der Waals surface area (Å²) >= 11 is 0. The molecule has 1 amide bonds. The predicted molar refractivity (Wildman–Crippen MR) is 101 cm³/mol. The van der Waals surface area contributed by atoms with E-state index in [1.807, 2.05) is 19.1 Å². The zero-order valence-corrected chi connectivity index (χ0v) is 15.4. The van der Waals surface area contributed by atoms with E-state index in [9.17, 15) is 14.4 Å². The summed E-state index contributed by atoms with van der Waals surface area (Å²) in [5.41, 5.74) is 1.80. The quantitative estimate of drug-likeness (QED) is 0.522. The van der Waals surface area contributed by atoms with E-state index in [0.29, 0.717) is 11.3 Å². The Hall–Kier alpha value is -3.74. The van der Waals surface area contributed by atoms with Gasteiger partial charge in [-0.3, -0.25) is 9.59 Å². The fourth-order valence-corrected chi connectivity index (χ4v) is 2.53. The molecule has 0 radical (unpaired) electrons. The molecule has 7 nitrogen and oxygen atoms in total. The van der Waals surface area contributed by atoms with Gasteiger partial charge >= 0.3 is 5.97 Å². The van der Waals surface area contributed by atoms with Gasteiger partial charge in [0.05, 0.1) is 5.56 Å². The minimum atomic E-state index is -0.762. The fraction of sp³-hybridized carbons (Fsp3) is 0.143. The Kier molecular flexibility index (Phi) is 5.64. The highest BCUT2D eigenvalue weighted by atomic mass is 16.5. The number of carbonyl (C=O) groups is 3. The summed E-state index contributed by atoms with van der Waals surface area (Å²) in [5.74, 6) is -0.856. The molecule has 7 heteroatoms. The van der Waals surface area contributed by atoms with E-state index < -0.39 is 18.5 Å². The number of nitrogens with zero attached hydrogens (tertiary/aromatic N) is 1. The van der Waals surface area contributed by atoms with Gasteiger partial charge in [0.15, 0.2) is 18.2 Å². The van der Waals surface area contributed by atoms with Crippen molar-refractivity contribution in [2.24, 2.45) is 0 Å². The molecular formula is C21H18N2O5. The SMILES string of the molecule is Cc1ccc(C(=O)c2ccccc2C(=O)OCC(=O)Nc2cc(C)on2)cc1. The summed E-state index contributed by atoms with van der Waals surface area (Å²) in [4.78, 5) is 37.1. The van der Waals surface area contributed by atoms with Crippen LogP contribution < -0.4 is 5.32 Å². The summed E-state index contributed by atoms with van der Waals surface area (Å²) in [6.07, 6.45) is 0. The molecule has 1 aromatic heterocycles. The molecular weight excluding hydrogens is 360 g/mol. The van der Waals surface area contributed by atoms with Crippen LogP contribution in [0.3, 0.4) is 0 Å². The van der Waals surface area contributed by atoms with Gasteiger partial charge in [-0.1, -0.05) is 53.2 Å². The summed E-state index contributed by atoms with van der Waals surface area (Å²) in [6, 6.07) is 14.9. The summed E-state index contributed by atoms with van der Waals surface area (Å²) in [7, 11) is 0. The summed E-state index contributed by atoms with van der Waals surface area (Å²) in [6.45, 7) is 3.09. The fourth-order valence-electron chi connectivity index (χ4n) is 2.53. The molecule has 3 rings (SSSR count). The van der Waals surface area contributed by atoms with Crippen LogP contribution in [0.25, 0.3) is 0 Å². The molecule has 3 aromatic rings. The van der Waals surface area contributed by atoms with Gasteiger partial charge in [0.25, 0.3) is 5.91 Å². The van der Waals surface area contributed by atoms with E-state index in [4.69, 9.17) is 9.26 Å². The second-order valence-corrected chi connectivity index (χ2v) is 6.19. The van der Waals surface area contributed by atoms with Crippen LogP contribution in [0.4, 0.5) is 5.82 Å². The maximum absolute atomic E-state index is 12.8. The van der Waals surface area contributed by atoms with Gasteiger partial charge in [0.2, 0.25) is 0 Å². The molecule has 0 spiro atoms. The highest BCUT2D eigenvalue weighted by Gasteiger charge is 2.20. The van der Waals surface area contributed by atoms with Crippen LogP contribution >= 0.6 is 0 Å². The third-order valence-electron chi connectivity index (χ3n) is 3.94. The number of anilines is 1. The van der Waals surface area contributed by atoms with Crippen molar-refractivity contribution in [2.45, 2.75) is 13.8 Å². The Morgan fingerprint density at radius 3 is 2.32 bits per heavy atom. The molecule has 0 aliphatic rings. The van der Waals surface area contributed by atoms with Crippen molar-refractivity contribution in [1.82, 2.24) is 5.16 Å². The highest BCUT2D eigenvalue weighted by molar-refractivity contribution is 6.14. The number of rotatable bonds is 6. The number of esters is 1. The monoisotopic (exact) mass is 378 g/mol. The number of amides is 1. The van der Waals surface area contributed by atoms with Gasteiger partial charge in [-0.25, -0.2) is 4.79 Å². The lowest BCUT2D eigenvalue weighted by atomic mass is 9.98. The molecule has 142 valence electrons. The largest absolute Gasteiger partial charge is 0.452 e. The second kappa shape index (κ2) is 8.30. The van der Waals surface area contributed by atoms with Gasteiger partial charge in [-0.05, 0) is 19.9 Å². The molecule has 1 heterocycles. The lowest BCUT2D eigenvalue weighted by Crippen LogP contribution is -2.22. The van der Waals surface area contributed by atoms with Crippen molar-refractivity contribution in [2.75, 3.05) is 11.9 Å². The van der Waals surface area contributed by atoms with Crippen molar-refractivity contribution >= 4 is 23.5 Å². The lowest BCUT2D eigenvalue weighted by Gasteiger charge is -2.09. The number of ether oxygens (including phenoxy) is 1. The van der Waals surface area contributed by atoms with Crippen molar-refractivity contribution in [3.8, 4) is 0 Å². The number of aryl methyl sites for hydroxylation is 2. The van der Waals surface area contributed by atoms with Crippen LogP contribution in [0.5, 0.6) is 0 Å². The van der Waals surface area contributed by atoms with Crippen LogP contribution in [-0.2, 0) is 9.53 Å². The van der Waals surface area contributed by atoms with Crippen molar-refractivity contribution in [3.63, 3.8) is 0 Å². The maximum atomic E-state index is 12.8. The first-order valence-corrected chi connectivity index (χ1v) is 8.55. The molecule has 0 bridgehead atoms. The molecule has 0 atom stereocenters. The summed E-state index contributed by atoms with van der Waals surface area (Å²) in [5, 5.41) is 6.08. The minimum absolute atomic E-state index is 0.0955. The second-order valence-electron chi connectivity index (χ2n) is 6.19. The molecule has 1 N–H and O–H groups in total. The topological polar surface area (TPSA) is 98.5 Å². The normalized spacial score (nSPS) is 10.4. The van der Waals surface area contributed by atoms with Crippen LogP contribution in [0.1, 0.15) is 37.6 Å². The van der Waals surface area contributed by atoms with E-state index in [1.165, 1.54) is 12.1 Å². The summed E-state index contributed by atoms with van der Waals surface area (Å²) < 4.78 is 9.89. The van der Waals surface area contributed by atoms with Crippen molar-refractivity contribution in [1.29, 1.82) is 0 Å². The number of hydrogen-bond donors (Lipinski definition) is 1. The number of hydrogen-bond acceptors (Lipinski definition) is 6. The number of carbonyl (C=O) groups excluding carboxylic acids is 3. The van der Waals surface area contributed by atoms with E-state index >= 15 is 0 Å². The number of aromatic nitrogens is 1.